The average Bonchev–Trinajstić information content (AvgIpc) is 1.97. The van der Waals surface area contributed by atoms with E-state index in [1.54, 1.807) is 6.07 Å². The molecule has 0 aliphatic carbocycles. The lowest BCUT2D eigenvalue weighted by atomic mass is 10.4. The van der Waals surface area contributed by atoms with Gasteiger partial charge in [-0.25, -0.2) is 4.21 Å². The van der Waals surface area contributed by atoms with Crippen LogP contribution >= 0.6 is 33.9 Å². The van der Waals surface area contributed by atoms with E-state index in [1.165, 1.54) is 12.1 Å². The highest BCUT2D eigenvalue weighted by Crippen LogP contribution is 2.30. The fourth-order valence-corrected chi connectivity index (χ4v) is 5.79. The summed E-state index contributed by atoms with van der Waals surface area (Å²) in [7, 11) is -2.63. The van der Waals surface area contributed by atoms with Crippen LogP contribution in [0.1, 0.15) is 0 Å². The first kappa shape index (κ1) is 14.1. The lowest BCUT2D eigenvalue weighted by molar-refractivity contribution is 0.611. The second-order valence-electron chi connectivity index (χ2n) is 2.84. The number of benzene rings is 1. The normalized spacial score (nSPS) is 15.5. The van der Waals surface area contributed by atoms with E-state index in [0.29, 0.717) is 0 Å². The highest BCUT2D eigenvalue weighted by atomic mass is 35.7. The molecule has 0 radical (unpaired) electrons. The Balaban J connectivity index is 3.64. The van der Waals surface area contributed by atoms with Crippen LogP contribution in [0.3, 0.4) is 0 Å². The molecule has 16 heavy (non-hydrogen) atoms. The topological polar surface area (TPSA) is 63.6 Å². The van der Waals surface area contributed by atoms with Gasteiger partial charge in [0.25, 0.3) is 0 Å². The van der Waals surface area contributed by atoms with Gasteiger partial charge in [0.1, 0.15) is 0 Å². The molecule has 0 heterocycles. The van der Waals surface area contributed by atoms with E-state index in [2.05, 4.69) is 3.77 Å². The molecule has 0 bridgehead atoms. The zero-order valence-electron chi connectivity index (χ0n) is 7.85. The molecule has 0 spiro atoms. The van der Waals surface area contributed by atoms with Gasteiger partial charge in [-0.05, 0) is 12.1 Å². The van der Waals surface area contributed by atoms with E-state index in [9.17, 15) is 12.6 Å². The lowest BCUT2D eigenvalue weighted by Crippen LogP contribution is -2.02. The van der Waals surface area contributed by atoms with Crippen LogP contribution in [0.5, 0.6) is 0 Å². The van der Waals surface area contributed by atoms with Crippen molar-refractivity contribution < 1.29 is 12.6 Å². The largest absolute Gasteiger partial charge is 0.347 e. The molecule has 0 aliphatic rings. The van der Waals surface area contributed by atoms with Gasteiger partial charge in [-0.3, -0.25) is 0 Å². The molecule has 9 heteroatoms. The van der Waals surface area contributed by atoms with Gasteiger partial charge in [0, 0.05) is 16.9 Å². The van der Waals surface area contributed by atoms with Gasteiger partial charge in [0.05, 0.1) is 24.7 Å². The molecule has 1 aromatic carbocycles. The van der Waals surface area contributed by atoms with Gasteiger partial charge in [-0.2, -0.15) is 8.42 Å². The summed E-state index contributed by atoms with van der Waals surface area (Å²) in [5.41, 5.74) is 0. The Hall–Kier alpha value is -0.0100. The van der Waals surface area contributed by atoms with Crippen LogP contribution in [0.4, 0.5) is 0 Å². The van der Waals surface area contributed by atoms with Crippen LogP contribution in [-0.4, -0.2) is 18.9 Å². The molecule has 1 aromatic rings. The molecule has 1 unspecified atom stereocenters. The third-order valence-corrected chi connectivity index (χ3v) is 5.94. The third-order valence-electron chi connectivity index (χ3n) is 1.53. The van der Waals surface area contributed by atoms with Gasteiger partial charge < -0.3 is 0 Å². The van der Waals surface area contributed by atoms with E-state index in [4.69, 9.17) is 33.9 Å². The summed E-state index contributed by atoms with van der Waals surface area (Å²) in [4.78, 5) is -0.0393. The molecule has 0 fully saturated rings. The van der Waals surface area contributed by atoms with Crippen molar-refractivity contribution in [2.45, 2.75) is 4.90 Å². The molecule has 1 rings (SSSR count). The van der Waals surface area contributed by atoms with Crippen molar-refractivity contribution in [1.29, 1.82) is 0 Å². The molecule has 90 valence electrons. The van der Waals surface area contributed by atoms with E-state index >= 15 is 0 Å². The highest BCUT2D eigenvalue weighted by molar-refractivity contribution is 8.17. The summed E-state index contributed by atoms with van der Waals surface area (Å²) in [5, 5.41) is 0.146. The van der Waals surface area contributed by atoms with Gasteiger partial charge in [-0.15, -0.1) is 0 Å². The monoisotopic (exact) mass is 321 g/mol. The summed E-state index contributed by atoms with van der Waals surface area (Å²) in [5.74, 6) is 0. The first-order chi connectivity index (χ1) is 7.13. The van der Waals surface area contributed by atoms with Crippen molar-refractivity contribution in [2.75, 3.05) is 6.26 Å². The summed E-state index contributed by atoms with van der Waals surface area (Å²) >= 11 is 11.6. The third kappa shape index (κ3) is 3.49. The molecular weight excluding hydrogens is 317 g/mol. The van der Waals surface area contributed by atoms with Crippen molar-refractivity contribution in [2.24, 2.45) is 3.77 Å². The number of hydrogen-bond donors (Lipinski definition) is 0. The molecule has 0 aromatic heterocycles. The number of nitrogens with zero attached hydrogens (tertiary/aromatic N) is 1. The smallest absolute Gasteiger partial charge is 0.244 e. The summed E-state index contributed by atoms with van der Waals surface area (Å²) in [6.07, 6.45) is 1.10. The maximum Gasteiger partial charge on any atom is 0.347 e. The quantitative estimate of drug-likeness (QED) is 0.786. The van der Waals surface area contributed by atoms with Crippen LogP contribution in [0.2, 0.25) is 10.0 Å². The maximum atomic E-state index is 12.0. The van der Waals surface area contributed by atoms with Crippen LogP contribution in [0, 0.1) is 0 Å². The molecule has 0 N–H and O–H groups in total. The second kappa shape index (κ2) is 4.70. The predicted octanol–water partition coefficient (Wildman–Crippen LogP) is 2.93. The van der Waals surface area contributed by atoms with Gasteiger partial charge in [0.15, 0.2) is 0 Å². The Bertz CT molecular complexity index is 612. The van der Waals surface area contributed by atoms with Crippen molar-refractivity contribution in [3.8, 4) is 0 Å². The standard InChI is InChI=1S/C7H6Cl3NO3S2/c1-15(12,11-16(10,13)14)7-5(8)3-2-4-6(7)9/h2-4H,1H3. The molecule has 0 amide bonds. The fourth-order valence-electron chi connectivity index (χ4n) is 1.05. The Labute approximate surface area is 108 Å². The Morgan fingerprint density at radius 3 is 1.94 bits per heavy atom. The number of rotatable bonds is 2. The first-order valence-corrected chi connectivity index (χ1v) is 8.70. The van der Waals surface area contributed by atoms with E-state index in [1.807, 2.05) is 0 Å². The molecular formula is C7H6Cl3NO3S2. The SMILES string of the molecule is CS(=O)(=NS(=O)(=O)Cl)c1c(Cl)cccc1Cl. The minimum atomic E-state index is -4.26. The number of halogens is 3. The van der Waals surface area contributed by atoms with E-state index < -0.39 is 19.0 Å². The minimum Gasteiger partial charge on any atom is -0.244 e. The van der Waals surface area contributed by atoms with E-state index in [0.717, 1.165) is 6.26 Å². The number of hydrogen-bond acceptors (Lipinski definition) is 3. The first-order valence-electron chi connectivity index (χ1n) is 3.75. The summed E-state index contributed by atoms with van der Waals surface area (Å²) in [6, 6.07) is 4.41. The van der Waals surface area contributed by atoms with Crippen LogP contribution in [0.15, 0.2) is 26.9 Å². The zero-order valence-corrected chi connectivity index (χ0v) is 11.8. The van der Waals surface area contributed by atoms with Crippen molar-refractivity contribution in [1.82, 2.24) is 0 Å². The van der Waals surface area contributed by atoms with Crippen molar-refractivity contribution >= 4 is 52.9 Å². The Morgan fingerprint density at radius 2 is 1.56 bits per heavy atom. The Morgan fingerprint density at radius 1 is 1.12 bits per heavy atom. The second-order valence-corrected chi connectivity index (χ2v) is 8.26. The average molecular weight is 323 g/mol. The zero-order chi connectivity index (χ0) is 12.6. The van der Waals surface area contributed by atoms with Crippen molar-refractivity contribution in [3.05, 3.63) is 28.2 Å². The van der Waals surface area contributed by atoms with E-state index in [-0.39, 0.29) is 14.9 Å². The summed E-state index contributed by atoms with van der Waals surface area (Å²) < 4.78 is 36.6. The minimum absolute atomic E-state index is 0.0393. The van der Waals surface area contributed by atoms with Gasteiger partial charge >= 0.3 is 9.24 Å². The van der Waals surface area contributed by atoms with Gasteiger partial charge in [0.2, 0.25) is 0 Å². The Kier molecular flexibility index (Phi) is 4.13. The fraction of sp³-hybridized carbons (Fsp3) is 0.143. The van der Waals surface area contributed by atoms with Gasteiger partial charge in [-0.1, -0.05) is 33.0 Å². The molecule has 4 nitrogen and oxygen atoms in total. The maximum absolute atomic E-state index is 12.0. The molecule has 1 atom stereocenters. The molecule has 0 saturated carbocycles. The predicted molar refractivity (Wildman–Crippen MR) is 66.0 cm³/mol. The summed E-state index contributed by atoms with van der Waals surface area (Å²) in [6.45, 7) is 0. The molecule has 0 saturated heterocycles. The lowest BCUT2D eigenvalue weighted by Gasteiger charge is -2.07. The molecule has 0 aliphatic heterocycles. The highest BCUT2D eigenvalue weighted by Gasteiger charge is 2.18. The van der Waals surface area contributed by atoms with Crippen molar-refractivity contribution in [3.63, 3.8) is 0 Å². The van der Waals surface area contributed by atoms with Crippen LogP contribution in [-0.2, 0) is 19.0 Å². The van der Waals surface area contributed by atoms with Crippen LogP contribution in [0.25, 0.3) is 0 Å². The van der Waals surface area contributed by atoms with Crippen LogP contribution < -0.4 is 0 Å².